The van der Waals surface area contributed by atoms with E-state index in [4.69, 9.17) is 10.8 Å². The van der Waals surface area contributed by atoms with E-state index in [0.29, 0.717) is 25.9 Å². The number of nitrogens with one attached hydrogen (secondary N) is 1. The predicted octanol–water partition coefficient (Wildman–Crippen LogP) is 1.03. The SMILES string of the molecule is CC(CN)CC(=O)NCCc1cccc(C(=O)O)c1. The summed E-state index contributed by atoms with van der Waals surface area (Å²) in [6, 6.07) is 6.72. The van der Waals surface area contributed by atoms with E-state index in [1.807, 2.05) is 13.0 Å². The molecule has 4 N–H and O–H groups in total. The van der Waals surface area contributed by atoms with Crippen molar-refractivity contribution in [3.63, 3.8) is 0 Å². The quantitative estimate of drug-likeness (QED) is 0.685. The summed E-state index contributed by atoms with van der Waals surface area (Å²) in [4.78, 5) is 22.3. The topological polar surface area (TPSA) is 92.4 Å². The normalized spacial score (nSPS) is 11.9. The van der Waals surface area contributed by atoms with Crippen molar-refractivity contribution in [2.24, 2.45) is 11.7 Å². The summed E-state index contributed by atoms with van der Waals surface area (Å²) >= 11 is 0. The number of carboxylic acids is 1. The zero-order valence-corrected chi connectivity index (χ0v) is 11.1. The van der Waals surface area contributed by atoms with Crippen LogP contribution in [0.15, 0.2) is 24.3 Å². The fourth-order valence-corrected chi connectivity index (χ4v) is 1.68. The van der Waals surface area contributed by atoms with Gasteiger partial charge in [0.1, 0.15) is 0 Å². The standard InChI is InChI=1S/C14H20N2O3/c1-10(9-15)7-13(17)16-6-5-11-3-2-4-12(8-11)14(18)19/h2-4,8,10H,5-7,9,15H2,1H3,(H,16,17)(H,18,19). The highest BCUT2D eigenvalue weighted by Gasteiger charge is 2.07. The molecule has 0 aliphatic heterocycles. The first-order valence-corrected chi connectivity index (χ1v) is 6.32. The van der Waals surface area contributed by atoms with Crippen LogP contribution in [0, 0.1) is 5.92 Å². The third-order valence-corrected chi connectivity index (χ3v) is 2.85. The van der Waals surface area contributed by atoms with Gasteiger partial charge in [0, 0.05) is 13.0 Å². The molecule has 0 fully saturated rings. The molecule has 0 saturated carbocycles. The van der Waals surface area contributed by atoms with Gasteiger partial charge in [-0.15, -0.1) is 0 Å². The smallest absolute Gasteiger partial charge is 0.335 e. The van der Waals surface area contributed by atoms with E-state index < -0.39 is 5.97 Å². The van der Waals surface area contributed by atoms with E-state index in [0.717, 1.165) is 5.56 Å². The molecule has 0 aliphatic carbocycles. The monoisotopic (exact) mass is 264 g/mol. The minimum absolute atomic E-state index is 0.0210. The third-order valence-electron chi connectivity index (χ3n) is 2.85. The van der Waals surface area contributed by atoms with E-state index in [9.17, 15) is 9.59 Å². The molecule has 0 radical (unpaired) electrons. The maximum absolute atomic E-state index is 11.5. The highest BCUT2D eigenvalue weighted by atomic mass is 16.4. The van der Waals surface area contributed by atoms with Gasteiger partial charge in [0.2, 0.25) is 5.91 Å². The third kappa shape index (κ3) is 5.52. The first-order chi connectivity index (χ1) is 9.02. The number of aromatic carboxylic acids is 1. The van der Waals surface area contributed by atoms with Gasteiger partial charge in [-0.3, -0.25) is 4.79 Å². The van der Waals surface area contributed by atoms with E-state index >= 15 is 0 Å². The van der Waals surface area contributed by atoms with Crippen LogP contribution in [0.2, 0.25) is 0 Å². The van der Waals surface area contributed by atoms with Crippen LogP contribution in [0.1, 0.15) is 29.3 Å². The van der Waals surface area contributed by atoms with Gasteiger partial charge in [0.15, 0.2) is 0 Å². The molecule has 104 valence electrons. The van der Waals surface area contributed by atoms with Gasteiger partial charge in [-0.2, -0.15) is 0 Å². The van der Waals surface area contributed by atoms with Crippen LogP contribution in [0.4, 0.5) is 0 Å². The second kappa shape index (κ2) is 7.53. The van der Waals surface area contributed by atoms with Crippen molar-refractivity contribution in [2.75, 3.05) is 13.1 Å². The van der Waals surface area contributed by atoms with Crippen LogP contribution in [0.3, 0.4) is 0 Å². The van der Waals surface area contributed by atoms with Crippen molar-refractivity contribution in [3.05, 3.63) is 35.4 Å². The summed E-state index contributed by atoms with van der Waals surface area (Å²) in [5.41, 5.74) is 6.61. The minimum atomic E-state index is -0.942. The molecule has 1 atom stereocenters. The van der Waals surface area contributed by atoms with Gasteiger partial charge in [-0.1, -0.05) is 19.1 Å². The van der Waals surface area contributed by atoms with Crippen LogP contribution < -0.4 is 11.1 Å². The van der Waals surface area contributed by atoms with E-state index in [2.05, 4.69) is 5.32 Å². The minimum Gasteiger partial charge on any atom is -0.478 e. The Labute approximate surface area is 112 Å². The second-order valence-corrected chi connectivity index (χ2v) is 4.65. The number of carbonyl (C=O) groups excluding carboxylic acids is 1. The van der Waals surface area contributed by atoms with Crippen molar-refractivity contribution >= 4 is 11.9 Å². The number of hydrogen-bond acceptors (Lipinski definition) is 3. The number of rotatable bonds is 7. The number of carboxylic acid groups (broad SMARTS) is 1. The molecule has 0 aliphatic rings. The molecular weight excluding hydrogens is 244 g/mol. The van der Waals surface area contributed by atoms with E-state index in [1.54, 1.807) is 18.2 Å². The molecule has 1 unspecified atom stereocenters. The van der Waals surface area contributed by atoms with Crippen LogP contribution in [-0.4, -0.2) is 30.1 Å². The van der Waals surface area contributed by atoms with Crippen LogP contribution in [0.25, 0.3) is 0 Å². The second-order valence-electron chi connectivity index (χ2n) is 4.65. The van der Waals surface area contributed by atoms with Gasteiger partial charge >= 0.3 is 5.97 Å². The first-order valence-electron chi connectivity index (χ1n) is 6.32. The molecule has 1 amide bonds. The molecule has 1 aromatic rings. The Hall–Kier alpha value is -1.88. The van der Waals surface area contributed by atoms with E-state index in [-0.39, 0.29) is 17.4 Å². The predicted molar refractivity (Wildman–Crippen MR) is 73.0 cm³/mol. The van der Waals surface area contributed by atoms with Crippen molar-refractivity contribution in [2.45, 2.75) is 19.8 Å². The number of carbonyl (C=O) groups is 2. The Morgan fingerprint density at radius 2 is 2.16 bits per heavy atom. The molecule has 0 saturated heterocycles. The maximum atomic E-state index is 11.5. The van der Waals surface area contributed by atoms with Crippen LogP contribution in [0.5, 0.6) is 0 Å². The Kier molecular flexibility index (Phi) is 6.02. The fourth-order valence-electron chi connectivity index (χ4n) is 1.68. The van der Waals surface area contributed by atoms with Crippen LogP contribution >= 0.6 is 0 Å². The lowest BCUT2D eigenvalue weighted by molar-refractivity contribution is -0.121. The zero-order valence-electron chi connectivity index (χ0n) is 11.1. The fraction of sp³-hybridized carbons (Fsp3) is 0.429. The Balaban J connectivity index is 2.39. The summed E-state index contributed by atoms with van der Waals surface area (Å²) < 4.78 is 0. The first kappa shape index (κ1) is 15.2. The molecule has 5 heteroatoms. The average molecular weight is 264 g/mol. The maximum Gasteiger partial charge on any atom is 0.335 e. The number of benzene rings is 1. The number of nitrogens with two attached hydrogens (primary N) is 1. The largest absolute Gasteiger partial charge is 0.478 e. The average Bonchev–Trinajstić information content (AvgIpc) is 2.38. The molecule has 0 spiro atoms. The molecular formula is C14H20N2O3. The number of amides is 1. The van der Waals surface area contributed by atoms with Gasteiger partial charge in [-0.05, 0) is 36.6 Å². The Morgan fingerprint density at radius 3 is 2.79 bits per heavy atom. The summed E-state index contributed by atoms with van der Waals surface area (Å²) in [5, 5.41) is 11.7. The van der Waals surface area contributed by atoms with Crippen molar-refractivity contribution in [1.29, 1.82) is 0 Å². The lowest BCUT2D eigenvalue weighted by Crippen LogP contribution is -2.28. The molecule has 0 aromatic heterocycles. The molecule has 1 rings (SSSR count). The van der Waals surface area contributed by atoms with Gasteiger partial charge in [-0.25, -0.2) is 4.79 Å². The summed E-state index contributed by atoms with van der Waals surface area (Å²) in [6.45, 7) is 2.92. The van der Waals surface area contributed by atoms with Crippen molar-refractivity contribution < 1.29 is 14.7 Å². The molecule has 0 heterocycles. The van der Waals surface area contributed by atoms with Crippen molar-refractivity contribution in [3.8, 4) is 0 Å². The molecule has 0 bridgehead atoms. The summed E-state index contributed by atoms with van der Waals surface area (Å²) in [7, 11) is 0. The Bertz CT molecular complexity index is 446. The molecule has 5 nitrogen and oxygen atoms in total. The van der Waals surface area contributed by atoms with E-state index in [1.165, 1.54) is 0 Å². The lowest BCUT2D eigenvalue weighted by Gasteiger charge is -2.09. The van der Waals surface area contributed by atoms with Gasteiger partial charge < -0.3 is 16.2 Å². The van der Waals surface area contributed by atoms with Crippen LogP contribution in [-0.2, 0) is 11.2 Å². The van der Waals surface area contributed by atoms with Gasteiger partial charge in [0.05, 0.1) is 5.56 Å². The Morgan fingerprint density at radius 1 is 1.42 bits per heavy atom. The highest BCUT2D eigenvalue weighted by molar-refractivity contribution is 5.87. The van der Waals surface area contributed by atoms with Crippen molar-refractivity contribution in [1.82, 2.24) is 5.32 Å². The molecule has 1 aromatic carbocycles. The zero-order chi connectivity index (χ0) is 14.3. The summed E-state index contributed by atoms with van der Waals surface area (Å²) in [5.74, 6) is -0.787. The summed E-state index contributed by atoms with van der Waals surface area (Å²) in [6.07, 6.45) is 1.04. The number of hydrogen-bond donors (Lipinski definition) is 3. The highest BCUT2D eigenvalue weighted by Crippen LogP contribution is 2.06. The molecule has 19 heavy (non-hydrogen) atoms. The lowest BCUT2D eigenvalue weighted by atomic mass is 10.1. The van der Waals surface area contributed by atoms with Gasteiger partial charge in [0.25, 0.3) is 0 Å².